The normalized spacial score (nSPS) is 11.2. The zero-order valence-corrected chi connectivity index (χ0v) is 43.7. The topological polar surface area (TPSA) is 171 Å². The largest absolute Gasteiger partial charge is 0.394 e. The van der Waals surface area contributed by atoms with Gasteiger partial charge in [0.15, 0.2) is 0 Å². The summed E-state index contributed by atoms with van der Waals surface area (Å²) in [4.78, 5) is 55.1. The molecule has 0 unspecified atom stereocenters. The summed E-state index contributed by atoms with van der Waals surface area (Å²) >= 11 is 7.10. The van der Waals surface area contributed by atoms with Crippen molar-refractivity contribution in [2.45, 2.75) is 59.5 Å². The second-order valence-corrected chi connectivity index (χ2v) is 19.4. The van der Waals surface area contributed by atoms with Crippen LogP contribution in [-0.4, -0.2) is 50.3 Å². The molecule has 5 N–H and O–H groups in total. The zero-order valence-electron chi connectivity index (χ0n) is 40.5. The molecule has 0 saturated carbocycles. The number of benzene rings is 6. The fourth-order valence-electron chi connectivity index (χ4n) is 8.96. The first-order valence-corrected chi connectivity index (χ1v) is 24.9. The van der Waals surface area contributed by atoms with Gasteiger partial charge < -0.3 is 5.11 Å². The smallest absolute Gasteiger partial charge is 0.275 e. The summed E-state index contributed by atoms with van der Waals surface area (Å²) < 4.78 is 7.90. The van der Waals surface area contributed by atoms with Crippen LogP contribution >= 0.6 is 31.9 Å². The van der Waals surface area contributed by atoms with Crippen LogP contribution in [0.4, 0.5) is 0 Å². The monoisotopic (exact) mass is 1090 g/mol. The molecule has 13 nitrogen and oxygen atoms in total. The van der Waals surface area contributed by atoms with Gasteiger partial charge in [0.2, 0.25) is 0 Å². The highest BCUT2D eigenvalue weighted by molar-refractivity contribution is 9.10. The quantitative estimate of drug-likeness (QED) is 0.0916. The number of hydrogen-bond donors (Lipinski definition) is 5. The van der Waals surface area contributed by atoms with Crippen molar-refractivity contribution < 1.29 is 5.11 Å². The molecular weight excluding hydrogens is 1040 g/mol. The Morgan fingerprint density at radius 2 is 0.597 bits per heavy atom. The maximum atomic E-state index is 13.8. The van der Waals surface area contributed by atoms with E-state index >= 15 is 0 Å². The lowest BCUT2D eigenvalue weighted by Gasteiger charge is -2.16. The second-order valence-electron chi connectivity index (χ2n) is 17.6. The number of aromatic nitrogens is 8. The molecule has 10 rings (SSSR count). The van der Waals surface area contributed by atoms with Crippen LogP contribution in [-0.2, 0) is 0 Å². The first-order valence-electron chi connectivity index (χ1n) is 23.3. The lowest BCUT2D eigenvalue weighted by Crippen LogP contribution is -2.25. The third-order valence-corrected chi connectivity index (χ3v) is 13.0. The number of halogens is 2. The molecule has 0 spiro atoms. The predicted octanol–water partition coefficient (Wildman–Crippen LogP) is 10.8. The number of hydrogen-bond acceptors (Lipinski definition) is 5. The number of aromatic amines is 4. The number of H-pyrrole nitrogens is 4. The molecule has 6 aromatic carbocycles. The Morgan fingerprint density at radius 3 is 0.806 bits per heavy atom. The maximum absolute atomic E-state index is 13.8. The fraction of sp³-hybridized carbons (Fsp3) is 0.158. The minimum absolute atomic E-state index is 0.167. The summed E-state index contributed by atoms with van der Waals surface area (Å²) in [6.07, 6.45) is -0.167. The molecule has 10 aromatic rings. The first-order chi connectivity index (χ1) is 34.6. The zero-order chi connectivity index (χ0) is 51.2. The van der Waals surface area contributed by atoms with Crippen molar-refractivity contribution >= 4 is 31.9 Å². The summed E-state index contributed by atoms with van der Waals surface area (Å²) in [5.41, 5.74) is 8.96. The molecule has 4 heterocycles. The number of para-hydroxylation sites is 4. The van der Waals surface area contributed by atoms with Gasteiger partial charge in [0, 0.05) is 49.7 Å². The average Bonchev–Trinajstić information content (AvgIpc) is 4.05. The van der Waals surface area contributed by atoms with Gasteiger partial charge in [-0.25, -0.2) is 18.7 Å². The third-order valence-electron chi connectivity index (χ3n) is 12.0. The lowest BCUT2D eigenvalue weighted by atomic mass is 9.85. The van der Waals surface area contributed by atoms with Crippen molar-refractivity contribution in [3.63, 3.8) is 0 Å². The van der Waals surface area contributed by atoms with Crippen LogP contribution in [0.15, 0.2) is 198 Å². The SMILES string of the molecule is CC(C)O.Cc1[nH]n(-c2ccccc2)c(=O)c1C(c1cccc(Br)c1)c1c(C)[nH]n(-c2ccccc2)c1=O.Cc1[nH]n(-c2ccccc2)c(=O)c1C(c1cccc(Br)c1)c1c(C)[nH]n(-c2ccccc2)c1=O. The molecule has 0 saturated heterocycles. The standard InChI is InChI=1S/2C27H23BrN4O2.C3H8O/c2*1-17-23(26(33)31(29-17)21-12-5-3-6-13-21)25(19-10-9-11-20(28)16-19)24-18(2)30-32(27(24)34)22-14-7-4-8-15-22;1-3(2)4/h2*3-16,25,29-30H,1-2H3;3-4H,1-2H3. The van der Waals surface area contributed by atoms with E-state index in [2.05, 4.69) is 52.3 Å². The highest BCUT2D eigenvalue weighted by atomic mass is 79.9. The summed E-state index contributed by atoms with van der Waals surface area (Å²) in [7, 11) is 0. The molecular formula is C57H54Br2N8O5. The molecule has 0 aliphatic rings. The van der Waals surface area contributed by atoms with Gasteiger partial charge in [-0.15, -0.1) is 0 Å². The number of nitrogens with one attached hydrogen (secondary N) is 4. The third kappa shape index (κ3) is 10.6. The van der Waals surface area contributed by atoms with Crippen LogP contribution in [0.1, 0.15) is 81.8 Å². The molecule has 0 fully saturated rings. The van der Waals surface area contributed by atoms with Crippen LogP contribution in [0, 0.1) is 27.7 Å². The minimum atomic E-state index is -0.556. The van der Waals surface area contributed by atoms with Gasteiger partial charge in [-0.05, 0) is 125 Å². The molecule has 366 valence electrons. The average molecular weight is 1090 g/mol. The van der Waals surface area contributed by atoms with Crippen LogP contribution in [0.25, 0.3) is 22.7 Å². The van der Waals surface area contributed by atoms with Gasteiger partial charge >= 0.3 is 0 Å². The second kappa shape index (κ2) is 22.1. The molecule has 0 atom stereocenters. The van der Waals surface area contributed by atoms with Gasteiger partial charge in [0.1, 0.15) is 0 Å². The molecule has 0 radical (unpaired) electrons. The summed E-state index contributed by atoms with van der Waals surface area (Å²) in [5.74, 6) is -1.11. The summed E-state index contributed by atoms with van der Waals surface area (Å²) in [6, 6.07) is 53.2. The van der Waals surface area contributed by atoms with E-state index in [1.807, 2.05) is 198 Å². The van der Waals surface area contributed by atoms with Crippen molar-refractivity contribution in [1.82, 2.24) is 39.1 Å². The number of aliphatic hydroxyl groups is 1. The molecule has 4 aromatic heterocycles. The van der Waals surface area contributed by atoms with Gasteiger partial charge in [0.05, 0.1) is 45.0 Å². The van der Waals surface area contributed by atoms with Gasteiger partial charge in [-0.1, -0.05) is 129 Å². The van der Waals surface area contributed by atoms with Crippen molar-refractivity contribution in [2.24, 2.45) is 0 Å². The van der Waals surface area contributed by atoms with Crippen molar-refractivity contribution in [2.75, 3.05) is 0 Å². The Morgan fingerprint density at radius 1 is 0.375 bits per heavy atom. The van der Waals surface area contributed by atoms with Crippen LogP contribution in [0.5, 0.6) is 0 Å². The van der Waals surface area contributed by atoms with E-state index in [1.54, 1.807) is 13.8 Å². The van der Waals surface area contributed by atoms with Gasteiger partial charge in [0.25, 0.3) is 22.2 Å². The highest BCUT2D eigenvalue weighted by Gasteiger charge is 2.32. The van der Waals surface area contributed by atoms with E-state index in [1.165, 1.54) is 18.7 Å². The van der Waals surface area contributed by atoms with E-state index in [0.717, 1.165) is 42.8 Å². The van der Waals surface area contributed by atoms with E-state index in [9.17, 15) is 19.2 Å². The summed E-state index contributed by atoms with van der Waals surface area (Å²) in [6.45, 7) is 10.9. The Balaban J connectivity index is 0.000000179. The predicted molar refractivity (Wildman–Crippen MR) is 292 cm³/mol. The Hall–Kier alpha value is -7.72. The Kier molecular flexibility index (Phi) is 15.6. The van der Waals surface area contributed by atoms with E-state index < -0.39 is 11.8 Å². The van der Waals surface area contributed by atoms with Crippen LogP contribution in [0.3, 0.4) is 0 Å². The molecule has 72 heavy (non-hydrogen) atoms. The van der Waals surface area contributed by atoms with Crippen LogP contribution < -0.4 is 22.2 Å². The van der Waals surface area contributed by atoms with E-state index in [4.69, 9.17) is 5.11 Å². The Labute approximate surface area is 432 Å². The number of aliphatic hydroxyl groups excluding tert-OH is 1. The summed E-state index contributed by atoms with van der Waals surface area (Å²) in [5, 5.41) is 20.9. The van der Waals surface area contributed by atoms with Crippen LogP contribution in [0.2, 0.25) is 0 Å². The fourth-order valence-corrected chi connectivity index (χ4v) is 9.80. The van der Waals surface area contributed by atoms with Gasteiger partial charge in [-0.3, -0.25) is 39.6 Å². The van der Waals surface area contributed by atoms with E-state index in [-0.39, 0.29) is 28.3 Å². The van der Waals surface area contributed by atoms with E-state index in [0.29, 0.717) is 45.0 Å². The number of nitrogens with zero attached hydrogens (tertiary/aromatic N) is 4. The minimum Gasteiger partial charge on any atom is -0.394 e. The lowest BCUT2D eigenvalue weighted by molar-refractivity contribution is 0.216. The molecule has 0 amide bonds. The molecule has 0 aliphatic heterocycles. The number of rotatable bonds is 10. The van der Waals surface area contributed by atoms with Crippen molar-refractivity contribution in [3.8, 4) is 22.7 Å². The van der Waals surface area contributed by atoms with Crippen molar-refractivity contribution in [1.29, 1.82) is 0 Å². The first kappa shape index (κ1) is 50.7. The number of aryl methyl sites for hydroxylation is 4. The molecule has 0 bridgehead atoms. The molecule has 0 aliphatic carbocycles. The highest BCUT2D eigenvalue weighted by Crippen LogP contribution is 2.35. The van der Waals surface area contributed by atoms with Gasteiger partial charge in [-0.2, -0.15) is 0 Å². The molecule has 15 heteroatoms. The Bertz CT molecular complexity index is 3260. The van der Waals surface area contributed by atoms with Crippen molar-refractivity contribution in [3.05, 3.63) is 276 Å². The maximum Gasteiger partial charge on any atom is 0.275 e.